The van der Waals surface area contributed by atoms with Crippen molar-refractivity contribution < 1.29 is 17.9 Å². The second-order valence-corrected chi connectivity index (χ2v) is 9.78. The Kier molecular flexibility index (Phi) is 7.97. The standard InChI is InChI=1S/C28H32F3N5O2/c1-5-7-23(19-8-11-22(12-9-19)38-28(29,30)31)36-16-18(3)35(17-21(36)6-2)25-14-26(37)34(4)24-13-10-20(15-32)33-27(24)25/h8-14,18,21,23H,5-7,16-17H2,1-4H3/t18-,21+,23?/m0/s1. The minimum atomic E-state index is -4.73. The van der Waals surface area contributed by atoms with Gasteiger partial charge in [0.1, 0.15) is 23.0 Å². The van der Waals surface area contributed by atoms with Gasteiger partial charge >= 0.3 is 6.36 Å². The number of benzene rings is 1. The fourth-order valence-corrected chi connectivity index (χ4v) is 5.43. The van der Waals surface area contributed by atoms with E-state index in [9.17, 15) is 23.2 Å². The van der Waals surface area contributed by atoms with Gasteiger partial charge in [0.15, 0.2) is 0 Å². The third-order valence-corrected chi connectivity index (χ3v) is 7.31. The Morgan fingerprint density at radius 1 is 1.16 bits per heavy atom. The van der Waals surface area contributed by atoms with Crippen molar-refractivity contribution >= 4 is 16.7 Å². The van der Waals surface area contributed by atoms with Crippen LogP contribution in [0.25, 0.3) is 11.0 Å². The van der Waals surface area contributed by atoms with Crippen molar-refractivity contribution in [3.63, 3.8) is 0 Å². The van der Waals surface area contributed by atoms with Crippen LogP contribution in [0.2, 0.25) is 0 Å². The highest BCUT2D eigenvalue weighted by atomic mass is 19.4. The van der Waals surface area contributed by atoms with E-state index in [-0.39, 0.29) is 35.1 Å². The molecule has 1 aliphatic heterocycles. The summed E-state index contributed by atoms with van der Waals surface area (Å²) >= 11 is 0. The minimum absolute atomic E-state index is 0.0211. The molecular formula is C28H32F3N5O2. The van der Waals surface area contributed by atoms with Crippen LogP contribution in [0.4, 0.5) is 18.9 Å². The van der Waals surface area contributed by atoms with Crippen molar-refractivity contribution in [2.45, 2.75) is 64.5 Å². The van der Waals surface area contributed by atoms with Crippen molar-refractivity contribution in [1.82, 2.24) is 14.5 Å². The molecule has 7 nitrogen and oxygen atoms in total. The van der Waals surface area contributed by atoms with E-state index in [0.717, 1.165) is 24.8 Å². The molecule has 3 heterocycles. The number of piperazine rings is 1. The van der Waals surface area contributed by atoms with Crippen LogP contribution in [0.5, 0.6) is 5.75 Å². The maximum absolute atomic E-state index is 12.8. The highest BCUT2D eigenvalue weighted by molar-refractivity contribution is 5.89. The van der Waals surface area contributed by atoms with Gasteiger partial charge in [-0.15, -0.1) is 13.2 Å². The molecule has 1 unspecified atom stereocenters. The van der Waals surface area contributed by atoms with Gasteiger partial charge in [-0.1, -0.05) is 32.4 Å². The number of aryl methyl sites for hydroxylation is 1. The first kappa shape index (κ1) is 27.5. The number of pyridine rings is 2. The molecule has 38 heavy (non-hydrogen) atoms. The van der Waals surface area contributed by atoms with E-state index in [0.29, 0.717) is 29.8 Å². The van der Waals surface area contributed by atoms with Gasteiger partial charge in [0, 0.05) is 44.3 Å². The van der Waals surface area contributed by atoms with Crippen LogP contribution in [0.15, 0.2) is 47.3 Å². The molecule has 0 bridgehead atoms. The first-order valence-electron chi connectivity index (χ1n) is 12.8. The number of hydrogen-bond donors (Lipinski definition) is 0. The number of halogens is 3. The predicted molar refractivity (Wildman–Crippen MR) is 140 cm³/mol. The molecule has 1 aliphatic rings. The number of nitriles is 1. The lowest BCUT2D eigenvalue weighted by molar-refractivity contribution is -0.274. The molecule has 2 aromatic heterocycles. The third-order valence-electron chi connectivity index (χ3n) is 7.31. The van der Waals surface area contributed by atoms with Crippen molar-refractivity contribution in [2.75, 3.05) is 18.0 Å². The zero-order valence-corrected chi connectivity index (χ0v) is 22.0. The zero-order valence-electron chi connectivity index (χ0n) is 22.0. The monoisotopic (exact) mass is 527 g/mol. The summed E-state index contributed by atoms with van der Waals surface area (Å²) in [6.07, 6.45) is -2.12. The lowest BCUT2D eigenvalue weighted by atomic mass is 9.94. The molecule has 202 valence electrons. The second kappa shape index (κ2) is 11.0. The van der Waals surface area contributed by atoms with Gasteiger partial charge in [-0.3, -0.25) is 9.69 Å². The number of ether oxygens (including phenoxy) is 1. The van der Waals surface area contributed by atoms with Crippen LogP contribution in [-0.2, 0) is 7.05 Å². The Bertz CT molecular complexity index is 1380. The lowest BCUT2D eigenvalue weighted by Gasteiger charge is -2.49. The van der Waals surface area contributed by atoms with Gasteiger partial charge in [0.25, 0.3) is 5.56 Å². The van der Waals surface area contributed by atoms with E-state index < -0.39 is 6.36 Å². The molecule has 0 N–H and O–H groups in total. The summed E-state index contributed by atoms with van der Waals surface area (Å²) < 4.78 is 43.5. The number of alkyl halides is 3. The number of anilines is 1. The van der Waals surface area contributed by atoms with Gasteiger partial charge in [-0.05, 0) is 49.6 Å². The Hall–Kier alpha value is -3.58. The Morgan fingerprint density at radius 2 is 1.87 bits per heavy atom. The normalized spacial score (nSPS) is 19.4. The summed E-state index contributed by atoms with van der Waals surface area (Å²) in [5.74, 6) is -0.233. The second-order valence-electron chi connectivity index (χ2n) is 9.78. The van der Waals surface area contributed by atoms with E-state index in [1.165, 1.54) is 16.7 Å². The van der Waals surface area contributed by atoms with E-state index in [2.05, 4.69) is 46.4 Å². The number of hydrogen-bond acceptors (Lipinski definition) is 6. The fourth-order valence-electron chi connectivity index (χ4n) is 5.43. The molecule has 0 saturated carbocycles. The van der Waals surface area contributed by atoms with Crippen LogP contribution in [-0.4, -0.2) is 46.0 Å². The molecule has 0 aliphatic carbocycles. The molecule has 4 rings (SSSR count). The largest absolute Gasteiger partial charge is 0.573 e. The molecule has 0 radical (unpaired) electrons. The average molecular weight is 528 g/mol. The minimum Gasteiger partial charge on any atom is -0.406 e. The number of nitrogens with zero attached hydrogens (tertiary/aromatic N) is 5. The van der Waals surface area contributed by atoms with Crippen LogP contribution in [0.1, 0.15) is 57.3 Å². The molecule has 1 saturated heterocycles. The summed E-state index contributed by atoms with van der Waals surface area (Å²) in [6.45, 7) is 7.65. The van der Waals surface area contributed by atoms with E-state index >= 15 is 0 Å². The van der Waals surface area contributed by atoms with Gasteiger partial charge in [-0.2, -0.15) is 5.26 Å². The van der Waals surface area contributed by atoms with E-state index in [1.807, 2.05) is 0 Å². The quantitative estimate of drug-likeness (QED) is 0.402. The van der Waals surface area contributed by atoms with Gasteiger partial charge in [-0.25, -0.2) is 4.98 Å². The summed E-state index contributed by atoms with van der Waals surface area (Å²) in [6, 6.07) is 13.4. The van der Waals surface area contributed by atoms with Gasteiger partial charge in [0.2, 0.25) is 0 Å². The number of fused-ring (bicyclic) bond motifs is 1. The van der Waals surface area contributed by atoms with Crippen LogP contribution < -0.4 is 15.2 Å². The highest BCUT2D eigenvalue weighted by Crippen LogP contribution is 2.36. The molecule has 10 heteroatoms. The predicted octanol–water partition coefficient (Wildman–Crippen LogP) is 5.53. The maximum Gasteiger partial charge on any atom is 0.573 e. The topological polar surface area (TPSA) is 74.4 Å². The van der Waals surface area contributed by atoms with Crippen LogP contribution in [0.3, 0.4) is 0 Å². The van der Waals surface area contributed by atoms with E-state index in [1.54, 1.807) is 37.4 Å². The Labute approximate surface area is 220 Å². The van der Waals surface area contributed by atoms with Crippen molar-refractivity contribution in [3.8, 4) is 11.8 Å². The smallest absolute Gasteiger partial charge is 0.406 e. The van der Waals surface area contributed by atoms with Gasteiger partial charge in [0.05, 0.1) is 11.2 Å². The molecule has 1 fully saturated rings. The first-order valence-corrected chi connectivity index (χ1v) is 12.8. The summed E-state index contributed by atoms with van der Waals surface area (Å²) in [7, 11) is 1.69. The maximum atomic E-state index is 12.8. The molecular weight excluding hydrogens is 495 g/mol. The van der Waals surface area contributed by atoms with Crippen molar-refractivity contribution in [1.29, 1.82) is 5.26 Å². The van der Waals surface area contributed by atoms with Crippen molar-refractivity contribution in [2.24, 2.45) is 7.05 Å². The lowest BCUT2D eigenvalue weighted by Crippen LogP contribution is -2.58. The SMILES string of the molecule is CCCC(c1ccc(OC(F)(F)F)cc1)N1C[C@H](C)N(c2cc(=O)n(C)c3ccc(C#N)nc23)C[C@H]1CC. The fraction of sp³-hybridized carbons (Fsp3) is 0.464. The zero-order chi connectivity index (χ0) is 27.6. The van der Waals surface area contributed by atoms with Crippen molar-refractivity contribution in [3.05, 3.63) is 64.1 Å². The Morgan fingerprint density at radius 3 is 2.47 bits per heavy atom. The average Bonchev–Trinajstić information content (AvgIpc) is 2.89. The molecule has 0 amide bonds. The third kappa shape index (κ3) is 5.63. The molecule has 3 aromatic rings. The summed E-state index contributed by atoms with van der Waals surface area (Å²) in [5.41, 5.74) is 3.08. The van der Waals surface area contributed by atoms with Gasteiger partial charge < -0.3 is 14.2 Å². The van der Waals surface area contributed by atoms with Crippen LogP contribution >= 0.6 is 0 Å². The molecule has 0 spiro atoms. The summed E-state index contributed by atoms with van der Waals surface area (Å²) in [5, 5.41) is 9.42. The Balaban J connectivity index is 1.67. The number of aromatic nitrogens is 2. The van der Waals surface area contributed by atoms with Crippen LogP contribution in [0, 0.1) is 11.3 Å². The summed E-state index contributed by atoms with van der Waals surface area (Å²) in [4.78, 5) is 22.0. The van der Waals surface area contributed by atoms with E-state index in [4.69, 9.17) is 0 Å². The molecule has 1 aromatic carbocycles. The number of rotatable bonds is 7. The highest BCUT2D eigenvalue weighted by Gasteiger charge is 2.36. The first-order chi connectivity index (χ1) is 18.1. The molecule has 3 atom stereocenters.